The quantitative estimate of drug-likeness (QED) is 0.755. The van der Waals surface area contributed by atoms with Gasteiger partial charge in [0.1, 0.15) is 5.75 Å². The molecule has 1 aromatic carbocycles. The highest BCUT2D eigenvalue weighted by Crippen LogP contribution is 2.24. The Kier molecular flexibility index (Phi) is 5.33. The first-order valence-electron chi connectivity index (χ1n) is 6.89. The summed E-state index contributed by atoms with van der Waals surface area (Å²) in [5.41, 5.74) is 2.13. The third-order valence-corrected chi connectivity index (χ3v) is 3.46. The van der Waals surface area contributed by atoms with E-state index in [4.69, 9.17) is 4.74 Å². The zero-order valence-corrected chi connectivity index (χ0v) is 12.1. The van der Waals surface area contributed by atoms with E-state index in [9.17, 15) is 8.78 Å². The van der Waals surface area contributed by atoms with E-state index in [1.54, 1.807) is 18.1 Å². The van der Waals surface area contributed by atoms with Crippen molar-refractivity contribution in [3.63, 3.8) is 0 Å². The first kappa shape index (κ1) is 15.5. The summed E-state index contributed by atoms with van der Waals surface area (Å²) in [6.45, 7) is 4.43. The lowest BCUT2D eigenvalue weighted by atomic mass is 10.1. The van der Waals surface area contributed by atoms with Gasteiger partial charge in [-0.1, -0.05) is 6.08 Å². The van der Waals surface area contributed by atoms with Crippen LogP contribution in [0.4, 0.5) is 8.78 Å². The van der Waals surface area contributed by atoms with Crippen LogP contribution < -0.4 is 4.74 Å². The molecule has 1 heterocycles. The van der Waals surface area contributed by atoms with Gasteiger partial charge in [-0.05, 0) is 30.2 Å². The van der Waals surface area contributed by atoms with Crippen LogP contribution in [0.25, 0.3) is 10.9 Å². The van der Waals surface area contributed by atoms with Crippen molar-refractivity contribution in [3.8, 4) is 5.75 Å². The van der Waals surface area contributed by atoms with Crippen LogP contribution in [0.3, 0.4) is 0 Å². The molecule has 114 valence electrons. The molecule has 0 aliphatic heterocycles. The van der Waals surface area contributed by atoms with E-state index in [1.165, 1.54) is 0 Å². The molecule has 0 saturated carbocycles. The smallest absolute Gasteiger partial charge is 0.251 e. The van der Waals surface area contributed by atoms with Crippen LogP contribution in [0.15, 0.2) is 37.1 Å². The second kappa shape index (κ2) is 7.22. The third-order valence-electron chi connectivity index (χ3n) is 3.46. The lowest BCUT2D eigenvalue weighted by Gasteiger charge is -2.19. The highest BCUT2D eigenvalue weighted by Gasteiger charge is 2.12. The molecule has 1 aromatic heterocycles. The number of aromatic amines is 1. The largest absolute Gasteiger partial charge is 0.497 e. The maximum absolute atomic E-state index is 12.5. The van der Waals surface area contributed by atoms with Gasteiger partial charge in [0, 0.05) is 30.2 Å². The molecule has 0 radical (unpaired) electrons. The van der Waals surface area contributed by atoms with E-state index in [0.717, 1.165) is 22.2 Å². The summed E-state index contributed by atoms with van der Waals surface area (Å²) in [7, 11) is 1.63. The fraction of sp³-hybridized carbons (Fsp3) is 0.375. The fourth-order valence-electron chi connectivity index (χ4n) is 2.40. The molecule has 0 aliphatic rings. The van der Waals surface area contributed by atoms with Crippen LogP contribution in [0.2, 0.25) is 0 Å². The predicted molar refractivity (Wildman–Crippen MR) is 81.2 cm³/mol. The summed E-state index contributed by atoms with van der Waals surface area (Å²) in [5, 5.41) is 1.07. The average molecular weight is 294 g/mol. The highest BCUT2D eigenvalue weighted by atomic mass is 19.3. The van der Waals surface area contributed by atoms with Crippen molar-refractivity contribution in [2.75, 3.05) is 26.7 Å². The van der Waals surface area contributed by atoms with Crippen LogP contribution in [0.5, 0.6) is 5.75 Å². The molecule has 5 heteroatoms. The van der Waals surface area contributed by atoms with Gasteiger partial charge in [0.15, 0.2) is 0 Å². The van der Waals surface area contributed by atoms with E-state index in [2.05, 4.69) is 11.6 Å². The van der Waals surface area contributed by atoms with Gasteiger partial charge in [0.25, 0.3) is 6.43 Å². The van der Waals surface area contributed by atoms with Crippen molar-refractivity contribution in [2.24, 2.45) is 0 Å². The molecule has 0 spiro atoms. The normalized spacial score (nSPS) is 11.5. The molecule has 0 atom stereocenters. The van der Waals surface area contributed by atoms with Gasteiger partial charge >= 0.3 is 0 Å². The molecule has 0 bridgehead atoms. The molecule has 0 aliphatic carbocycles. The van der Waals surface area contributed by atoms with Crippen LogP contribution >= 0.6 is 0 Å². The second-order valence-electron chi connectivity index (χ2n) is 4.91. The van der Waals surface area contributed by atoms with Crippen molar-refractivity contribution in [1.82, 2.24) is 9.88 Å². The second-order valence-corrected chi connectivity index (χ2v) is 4.91. The number of aromatic nitrogens is 1. The summed E-state index contributed by atoms with van der Waals surface area (Å²) < 4.78 is 30.3. The number of nitrogens with zero attached hydrogens (tertiary/aromatic N) is 1. The highest BCUT2D eigenvalue weighted by molar-refractivity contribution is 5.84. The molecule has 2 rings (SSSR count). The van der Waals surface area contributed by atoms with Crippen molar-refractivity contribution in [3.05, 3.63) is 42.6 Å². The molecule has 0 unspecified atom stereocenters. The minimum Gasteiger partial charge on any atom is -0.497 e. The minimum absolute atomic E-state index is 0.225. The lowest BCUT2D eigenvalue weighted by molar-refractivity contribution is 0.0943. The molecule has 3 nitrogen and oxygen atoms in total. The Hall–Kier alpha value is -1.88. The predicted octanol–water partition coefficient (Wildman–Crippen LogP) is 3.47. The van der Waals surface area contributed by atoms with E-state index in [-0.39, 0.29) is 6.54 Å². The number of ether oxygens (including phenoxy) is 1. The molecule has 0 fully saturated rings. The van der Waals surface area contributed by atoms with E-state index in [0.29, 0.717) is 19.5 Å². The third kappa shape index (κ3) is 4.04. The number of hydrogen-bond acceptors (Lipinski definition) is 2. The van der Waals surface area contributed by atoms with Crippen molar-refractivity contribution in [1.29, 1.82) is 0 Å². The Balaban J connectivity index is 2.09. The maximum atomic E-state index is 12.5. The van der Waals surface area contributed by atoms with Crippen LogP contribution in [-0.2, 0) is 6.42 Å². The SMILES string of the molecule is C=CCN(CCc1c[nH]c2ccc(OC)cc12)CC(F)F. The van der Waals surface area contributed by atoms with Crippen molar-refractivity contribution in [2.45, 2.75) is 12.8 Å². The number of fused-ring (bicyclic) bond motifs is 1. The van der Waals surface area contributed by atoms with Crippen LogP contribution in [0.1, 0.15) is 5.56 Å². The van der Waals surface area contributed by atoms with Crippen molar-refractivity contribution < 1.29 is 13.5 Å². The Bertz CT molecular complexity index is 595. The summed E-state index contributed by atoms with van der Waals surface area (Å²) in [5.74, 6) is 0.791. The van der Waals surface area contributed by atoms with E-state index < -0.39 is 6.43 Å². The summed E-state index contributed by atoms with van der Waals surface area (Å²) >= 11 is 0. The summed E-state index contributed by atoms with van der Waals surface area (Å²) in [4.78, 5) is 4.90. The number of nitrogens with one attached hydrogen (secondary N) is 1. The summed E-state index contributed by atoms with van der Waals surface area (Å²) in [6.07, 6.45) is 1.96. The van der Waals surface area contributed by atoms with Gasteiger partial charge in [-0.25, -0.2) is 8.78 Å². The molecule has 21 heavy (non-hydrogen) atoms. The van der Waals surface area contributed by atoms with Gasteiger partial charge in [-0.2, -0.15) is 0 Å². The first-order chi connectivity index (χ1) is 10.1. The van der Waals surface area contributed by atoms with Crippen LogP contribution in [0, 0.1) is 0 Å². The number of hydrogen-bond donors (Lipinski definition) is 1. The van der Waals surface area contributed by atoms with Gasteiger partial charge < -0.3 is 9.72 Å². The zero-order valence-electron chi connectivity index (χ0n) is 12.1. The van der Waals surface area contributed by atoms with Gasteiger partial charge in [-0.3, -0.25) is 4.90 Å². The number of rotatable bonds is 8. The molecular formula is C16H20F2N2O. The number of alkyl halides is 2. The lowest BCUT2D eigenvalue weighted by Crippen LogP contribution is -2.31. The van der Waals surface area contributed by atoms with E-state index >= 15 is 0 Å². The Morgan fingerprint density at radius 3 is 2.90 bits per heavy atom. The Labute approximate surface area is 123 Å². The monoisotopic (exact) mass is 294 g/mol. The molecular weight excluding hydrogens is 274 g/mol. The number of benzene rings is 1. The fourth-order valence-corrected chi connectivity index (χ4v) is 2.40. The Morgan fingerprint density at radius 2 is 2.24 bits per heavy atom. The number of H-pyrrole nitrogens is 1. The standard InChI is InChI=1S/C16H20F2N2O/c1-3-7-20(11-16(17)18)8-6-12-10-19-15-5-4-13(21-2)9-14(12)15/h3-5,9-10,16,19H,1,6-8,11H2,2H3. The topological polar surface area (TPSA) is 28.3 Å². The minimum atomic E-state index is -2.33. The molecule has 1 N–H and O–H groups in total. The van der Waals surface area contributed by atoms with Crippen LogP contribution in [-0.4, -0.2) is 43.1 Å². The summed E-state index contributed by atoms with van der Waals surface area (Å²) in [6, 6.07) is 5.81. The number of halogens is 2. The average Bonchev–Trinajstić information content (AvgIpc) is 2.86. The van der Waals surface area contributed by atoms with Crippen molar-refractivity contribution >= 4 is 10.9 Å². The van der Waals surface area contributed by atoms with E-state index in [1.807, 2.05) is 24.4 Å². The molecule has 0 amide bonds. The first-order valence-corrected chi connectivity index (χ1v) is 6.89. The Morgan fingerprint density at radius 1 is 1.43 bits per heavy atom. The maximum Gasteiger partial charge on any atom is 0.251 e. The van der Waals surface area contributed by atoms with Gasteiger partial charge in [-0.15, -0.1) is 6.58 Å². The molecule has 2 aromatic rings. The number of methoxy groups -OCH3 is 1. The zero-order chi connectivity index (χ0) is 15.2. The van der Waals surface area contributed by atoms with Gasteiger partial charge in [0.2, 0.25) is 0 Å². The molecule has 0 saturated heterocycles. The van der Waals surface area contributed by atoms with Gasteiger partial charge in [0.05, 0.1) is 13.7 Å².